The van der Waals surface area contributed by atoms with Crippen LogP contribution in [0.25, 0.3) is 0 Å². The highest BCUT2D eigenvalue weighted by molar-refractivity contribution is 5.93. The van der Waals surface area contributed by atoms with Crippen LogP contribution in [0.1, 0.15) is 29.7 Å². The largest absolute Gasteiger partial charge is 0.496 e. The van der Waals surface area contributed by atoms with E-state index in [0.29, 0.717) is 0 Å². The first kappa shape index (κ1) is 21.4. The zero-order chi connectivity index (χ0) is 20.7. The average Bonchev–Trinajstić information content (AvgIpc) is 2.64. The summed E-state index contributed by atoms with van der Waals surface area (Å²) in [5, 5.41) is 5.93. The summed E-state index contributed by atoms with van der Waals surface area (Å²) in [5.41, 5.74) is 3.81. The Morgan fingerprint density at radius 1 is 1.00 bits per heavy atom. The van der Waals surface area contributed by atoms with Crippen molar-refractivity contribution in [3.05, 3.63) is 59.2 Å². The fourth-order valence-corrected chi connectivity index (χ4v) is 3.20. The van der Waals surface area contributed by atoms with Crippen LogP contribution in [0.5, 0.6) is 5.75 Å². The number of carbonyl (C=O) groups excluding carboxylic acids is 2. The minimum absolute atomic E-state index is 0.111. The van der Waals surface area contributed by atoms with E-state index in [-0.39, 0.29) is 30.9 Å². The number of hydrogen-bond acceptors (Lipinski definition) is 3. The first-order chi connectivity index (χ1) is 13.3. The molecule has 0 aliphatic heterocycles. The Morgan fingerprint density at radius 3 is 2.25 bits per heavy atom. The molecule has 0 aromatic heterocycles. The molecule has 0 fully saturated rings. The molecule has 2 atom stereocenters. The van der Waals surface area contributed by atoms with Crippen molar-refractivity contribution in [3.63, 3.8) is 0 Å². The van der Waals surface area contributed by atoms with Gasteiger partial charge in [0.25, 0.3) is 11.8 Å². The monoisotopic (exact) mass is 384 g/mol. The van der Waals surface area contributed by atoms with Gasteiger partial charge in [-0.1, -0.05) is 36.4 Å². The maximum absolute atomic E-state index is 12.4. The van der Waals surface area contributed by atoms with Gasteiger partial charge in [0.05, 0.1) is 20.2 Å². The van der Waals surface area contributed by atoms with Gasteiger partial charge in [-0.3, -0.25) is 9.59 Å². The van der Waals surface area contributed by atoms with E-state index in [9.17, 15) is 9.59 Å². The molecule has 0 saturated heterocycles. The number of para-hydroxylation sites is 2. The summed E-state index contributed by atoms with van der Waals surface area (Å²) in [6, 6.07) is 13.3. The fourth-order valence-electron chi connectivity index (χ4n) is 3.20. The Balaban J connectivity index is 1.87. The second kappa shape index (κ2) is 9.90. The molecule has 150 valence electrons. The minimum atomic E-state index is -0.181. The third-order valence-electron chi connectivity index (χ3n) is 4.65. The summed E-state index contributed by atoms with van der Waals surface area (Å²) in [4.78, 5) is 25.5. The van der Waals surface area contributed by atoms with Crippen LogP contribution in [0.4, 0.5) is 5.69 Å². The Kier molecular flexibility index (Phi) is 7.58. The molecule has 0 aliphatic carbocycles. The van der Waals surface area contributed by atoms with Crippen LogP contribution in [0.2, 0.25) is 0 Å². The molecular formula is C22H30N3O3+. The number of amides is 2. The number of likely N-dealkylation sites (N-methyl/N-ethyl adjacent to an activating group) is 1. The lowest BCUT2D eigenvalue weighted by Crippen LogP contribution is -3.11. The molecular weight excluding hydrogens is 354 g/mol. The zero-order valence-corrected chi connectivity index (χ0v) is 17.3. The van der Waals surface area contributed by atoms with Crippen molar-refractivity contribution in [2.24, 2.45) is 0 Å². The van der Waals surface area contributed by atoms with Crippen molar-refractivity contribution in [2.45, 2.75) is 26.8 Å². The zero-order valence-electron chi connectivity index (χ0n) is 17.3. The summed E-state index contributed by atoms with van der Waals surface area (Å²) >= 11 is 0. The van der Waals surface area contributed by atoms with Gasteiger partial charge in [0.1, 0.15) is 5.75 Å². The number of methoxy groups -OCH3 is 1. The van der Waals surface area contributed by atoms with E-state index < -0.39 is 0 Å². The second-order valence-corrected chi connectivity index (χ2v) is 7.16. The SMILES string of the molecule is COc1ccccc1[C@@H](C)NC(=O)C[NH+](C)CC(=O)Nc1c(C)cccc1C. The lowest BCUT2D eigenvalue weighted by molar-refractivity contribution is -0.862. The number of carbonyl (C=O) groups is 2. The summed E-state index contributed by atoms with van der Waals surface area (Å²) in [7, 11) is 3.44. The standard InChI is InChI=1S/C22H29N3O3/c1-15-9-8-10-16(2)22(15)24-21(27)14-25(4)13-20(26)23-17(3)18-11-6-7-12-19(18)28-5/h6-12,17H,13-14H2,1-5H3,(H,23,26)(H,24,27)/p+1/t17-/m1/s1. The molecule has 28 heavy (non-hydrogen) atoms. The highest BCUT2D eigenvalue weighted by atomic mass is 16.5. The van der Waals surface area contributed by atoms with Crippen LogP contribution >= 0.6 is 0 Å². The maximum atomic E-state index is 12.4. The molecule has 2 amide bonds. The first-order valence-corrected chi connectivity index (χ1v) is 9.41. The molecule has 0 aliphatic rings. The van der Waals surface area contributed by atoms with Gasteiger partial charge in [-0.2, -0.15) is 0 Å². The molecule has 0 bridgehead atoms. The van der Waals surface area contributed by atoms with Crippen LogP contribution in [-0.4, -0.2) is 39.1 Å². The highest BCUT2D eigenvalue weighted by Crippen LogP contribution is 2.24. The van der Waals surface area contributed by atoms with Crippen molar-refractivity contribution < 1.29 is 19.2 Å². The van der Waals surface area contributed by atoms with E-state index in [0.717, 1.165) is 33.0 Å². The summed E-state index contributed by atoms with van der Waals surface area (Å²) in [6.45, 7) is 6.26. The van der Waals surface area contributed by atoms with Crippen LogP contribution in [0, 0.1) is 13.8 Å². The number of nitrogens with one attached hydrogen (secondary N) is 3. The molecule has 6 nitrogen and oxygen atoms in total. The van der Waals surface area contributed by atoms with Gasteiger partial charge in [0.2, 0.25) is 0 Å². The van der Waals surface area contributed by atoms with E-state index in [1.165, 1.54) is 0 Å². The normalized spacial score (nSPS) is 12.8. The predicted octanol–water partition coefficient (Wildman–Crippen LogP) is 1.64. The number of quaternary nitrogens is 1. The average molecular weight is 385 g/mol. The van der Waals surface area contributed by atoms with Gasteiger partial charge in [-0.25, -0.2) is 0 Å². The van der Waals surface area contributed by atoms with E-state index in [2.05, 4.69) is 10.6 Å². The number of ether oxygens (including phenoxy) is 1. The summed E-state index contributed by atoms with van der Waals surface area (Å²) in [5.74, 6) is 0.514. The summed E-state index contributed by atoms with van der Waals surface area (Å²) < 4.78 is 5.35. The van der Waals surface area contributed by atoms with Crippen LogP contribution in [0.3, 0.4) is 0 Å². The van der Waals surface area contributed by atoms with Crippen molar-refractivity contribution in [1.29, 1.82) is 0 Å². The third-order valence-corrected chi connectivity index (χ3v) is 4.65. The van der Waals surface area contributed by atoms with Crippen molar-refractivity contribution in [3.8, 4) is 5.75 Å². The second-order valence-electron chi connectivity index (χ2n) is 7.16. The molecule has 2 aromatic rings. The molecule has 0 radical (unpaired) electrons. The fraction of sp³-hybridized carbons (Fsp3) is 0.364. The van der Waals surface area contributed by atoms with Crippen molar-refractivity contribution in [1.82, 2.24) is 5.32 Å². The number of aryl methyl sites for hydroxylation is 2. The van der Waals surface area contributed by atoms with Gasteiger partial charge >= 0.3 is 0 Å². The van der Waals surface area contributed by atoms with Gasteiger partial charge in [0.15, 0.2) is 13.1 Å². The van der Waals surface area contributed by atoms with E-state index in [1.54, 1.807) is 7.11 Å². The Hall–Kier alpha value is -2.86. The number of benzene rings is 2. The number of anilines is 1. The van der Waals surface area contributed by atoms with Crippen molar-refractivity contribution in [2.75, 3.05) is 32.6 Å². The lowest BCUT2D eigenvalue weighted by atomic mass is 10.1. The molecule has 1 unspecified atom stereocenters. The molecule has 3 N–H and O–H groups in total. The van der Waals surface area contributed by atoms with Gasteiger partial charge in [-0.15, -0.1) is 0 Å². The van der Waals surface area contributed by atoms with Gasteiger partial charge in [0, 0.05) is 11.3 Å². The summed E-state index contributed by atoms with van der Waals surface area (Å²) in [6.07, 6.45) is 0. The Morgan fingerprint density at radius 2 is 1.61 bits per heavy atom. The van der Waals surface area contributed by atoms with Gasteiger partial charge in [-0.05, 0) is 38.0 Å². The number of hydrogen-bond donors (Lipinski definition) is 3. The molecule has 6 heteroatoms. The third kappa shape index (κ3) is 5.82. The maximum Gasteiger partial charge on any atom is 0.279 e. The quantitative estimate of drug-likeness (QED) is 0.648. The Labute approximate surface area is 166 Å². The van der Waals surface area contributed by atoms with E-state index in [4.69, 9.17) is 4.74 Å². The number of rotatable bonds is 8. The van der Waals surface area contributed by atoms with E-state index >= 15 is 0 Å². The highest BCUT2D eigenvalue weighted by Gasteiger charge is 2.18. The van der Waals surface area contributed by atoms with Crippen LogP contribution in [-0.2, 0) is 9.59 Å². The van der Waals surface area contributed by atoms with Crippen molar-refractivity contribution >= 4 is 17.5 Å². The minimum Gasteiger partial charge on any atom is -0.496 e. The van der Waals surface area contributed by atoms with Crippen LogP contribution in [0.15, 0.2) is 42.5 Å². The lowest BCUT2D eigenvalue weighted by Gasteiger charge is -2.19. The Bertz CT molecular complexity index is 815. The van der Waals surface area contributed by atoms with E-state index in [1.807, 2.05) is 70.3 Å². The molecule has 2 aromatic carbocycles. The topological polar surface area (TPSA) is 71.9 Å². The molecule has 0 saturated carbocycles. The van der Waals surface area contributed by atoms with Crippen LogP contribution < -0.4 is 20.3 Å². The first-order valence-electron chi connectivity index (χ1n) is 9.41. The smallest absolute Gasteiger partial charge is 0.279 e. The van der Waals surface area contributed by atoms with Gasteiger partial charge < -0.3 is 20.3 Å². The molecule has 2 rings (SSSR count). The molecule has 0 heterocycles. The molecule has 0 spiro atoms. The predicted molar refractivity (Wildman–Crippen MR) is 111 cm³/mol.